The second-order valence-electron chi connectivity index (χ2n) is 4.72. The van der Waals surface area contributed by atoms with Gasteiger partial charge in [0.25, 0.3) is 0 Å². The Hall–Kier alpha value is -1.93. The van der Waals surface area contributed by atoms with E-state index in [0.717, 1.165) is 26.9 Å². The van der Waals surface area contributed by atoms with Crippen molar-refractivity contribution < 1.29 is 0 Å². The zero-order valence-electron chi connectivity index (χ0n) is 11.4. The minimum Gasteiger partial charge on any atom is -0.313 e. The van der Waals surface area contributed by atoms with E-state index >= 15 is 0 Å². The van der Waals surface area contributed by atoms with E-state index in [-0.39, 0.29) is 0 Å². The van der Waals surface area contributed by atoms with Gasteiger partial charge < -0.3 is 4.90 Å². The van der Waals surface area contributed by atoms with Crippen molar-refractivity contribution in [2.45, 2.75) is 11.8 Å². The Labute approximate surface area is 139 Å². The van der Waals surface area contributed by atoms with E-state index in [1.165, 1.54) is 0 Å². The summed E-state index contributed by atoms with van der Waals surface area (Å²) in [6.45, 7) is 0.635. The summed E-state index contributed by atoms with van der Waals surface area (Å²) >= 11 is 5.21. The summed E-state index contributed by atoms with van der Waals surface area (Å²) in [5.41, 5.74) is 1.03. The van der Waals surface area contributed by atoms with Crippen LogP contribution < -0.4 is 4.90 Å². The van der Waals surface area contributed by atoms with Crippen LogP contribution >= 0.6 is 27.7 Å². The summed E-state index contributed by atoms with van der Waals surface area (Å²) in [4.78, 5) is 10.7. The quantitative estimate of drug-likeness (QED) is 0.686. The molecule has 1 aliphatic heterocycles. The normalized spacial score (nSPS) is 14.0. The van der Waals surface area contributed by atoms with Crippen LogP contribution in [0.15, 0.2) is 52.4 Å². The fourth-order valence-electron chi connectivity index (χ4n) is 2.29. The molecule has 110 valence electrons. The first-order valence-electron chi connectivity index (χ1n) is 6.66. The standard InChI is InChI=1S/C14H11BrN6S/c15-11-5-2-1-4-10(11)12-18-19-14-21(12)8-20(9-22-14)13-16-6-3-7-17-13/h1-7H,8-9H2. The zero-order valence-corrected chi connectivity index (χ0v) is 13.8. The first-order chi connectivity index (χ1) is 10.8. The van der Waals surface area contributed by atoms with Gasteiger partial charge >= 0.3 is 0 Å². The van der Waals surface area contributed by atoms with Crippen molar-refractivity contribution in [1.82, 2.24) is 24.7 Å². The lowest BCUT2D eigenvalue weighted by Gasteiger charge is -2.27. The van der Waals surface area contributed by atoms with Gasteiger partial charge in [-0.3, -0.25) is 4.57 Å². The predicted octanol–water partition coefficient (Wildman–Crippen LogP) is 3.02. The van der Waals surface area contributed by atoms with E-state index in [1.54, 1.807) is 24.2 Å². The van der Waals surface area contributed by atoms with E-state index in [2.05, 4.69) is 45.6 Å². The number of nitrogens with zero attached hydrogens (tertiary/aromatic N) is 6. The molecule has 1 aliphatic rings. The van der Waals surface area contributed by atoms with Gasteiger partial charge in [0, 0.05) is 22.4 Å². The van der Waals surface area contributed by atoms with Crippen LogP contribution in [-0.4, -0.2) is 30.6 Å². The Morgan fingerprint density at radius 2 is 1.86 bits per heavy atom. The van der Waals surface area contributed by atoms with Gasteiger partial charge in [0.1, 0.15) is 6.67 Å². The van der Waals surface area contributed by atoms with Gasteiger partial charge in [0.2, 0.25) is 5.95 Å². The summed E-state index contributed by atoms with van der Waals surface area (Å²) in [6, 6.07) is 9.84. The van der Waals surface area contributed by atoms with Gasteiger partial charge in [-0.15, -0.1) is 10.2 Å². The minimum atomic E-state index is 0.635. The molecule has 0 bridgehead atoms. The van der Waals surface area contributed by atoms with Crippen LogP contribution in [0.25, 0.3) is 11.4 Å². The Bertz CT molecular complexity index is 806. The highest BCUT2D eigenvalue weighted by Crippen LogP contribution is 2.33. The van der Waals surface area contributed by atoms with E-state index in [9.17, 15) is 0 Å². The number of benzene rings is 1. The van der Waals surface area contributed by atoms with Crippen LogP contribution in [0.5, 0.6) is 0 Å². The number of aromatic nitrogens is 5. The SMILES string of the molecule is Brc1ccccc1-c1nnc2n1CN(c1ncccn1)CS2. The van der Waals surface area contributed by atoms with Gasteiger partial charge in [-0.25, -0.2) is 9.97 Å². The molecular weight excluding hydrogens is 364 g/mol. The van der Waals surface area contributed by atoms with Crippen molar-refractivity contribution in [1.29, 1.82) is 0 Å². The highest BCUT2D eigenvalue weighted by Gasteiger charge is 2.24. The maximum Gasteiger partial charge on any atom is 0.227 e. The van der Waals surface area contributed by atoms with Crippen molar-refractivity contribution in [3.05, 3.63) is 47.2 Å². The topological polar surface area (TPSA) is 59.7 Å². The molecule has 0 unspecified atom stereocenters. The highest BCUT2D eigenvalue weighted by molar-refractivity contribution is 9.10. The van der Waals surface area contributed by atoms with Crippen molar-refractivity contribution in [3.8, 4) is 11.4 Å². The first-order valence-corrected chi connectivity index (χ1v) is 8.43. The first kappa shape index (κ1) is 13.7. The molecule has 3 heterocycles. The van der Waals surface area contributed by atoms with E-state index in [4.69, 9.17) is 0 Å². The van der Waals surface area contributed by atoms with Crippen molar-refractivity contribution in [2.24, 2.45) is 0 Å². The number of hydrogen-bond donors (Lipinski definition) is 0. The van der Waals surface area contributed by atoms with Crippen molar-refractivity contribution in [3.63, 3.8) is 0 Å². The number of thioether (sulfide) groups is 1. The fourth-order valence-corrected chi connectivity index (χ4v) is 3.62. The van der Waals surface area contributed by atoms with Crippen molar-refractivity contribution >= 4 is 33.6 Å². The lowest BCUT2D eigenvalue weighted by Crippen LogP contribution is -2.31. The molecule has 0 spiro atoms. The highest BCUT2D eigenvalue weighted by atomic mass is 79.9. The number of fused-ring (bicyclic) bond motifs is 1. The predicted molar refractivity (Wildman–Crippen MR) is 88.4 cm³/mol. The summed E-state index contributed by atoms with van der Waals surface area (Å²) < 4.78 is 3.09. The van der Waals surface area contributed by atoms with E-state index in [1.807, 2.05) is 30.3 Å². The number of hydrogen-bond acceptors (Lipinski definition) is 6. The molecule has 6 nitrogen and oxygen atoms in total. The largest absolute Gasteiger partial charge is 0.313 e. The molecule has 0 radical (unpaired) electrons. The smallest absolute Gasteiger partial charge is 0.227 e. The summed E-state index contributed by atoms with van der Waals surface area (Å²) in [6.07, 6.45) is 3.51. The Kier molecular flexibility index (Phi) is 3.55. The molecule has 0 N–H and O–H groups in total. The number of rotatable bonds is 2. The van der Waals surface area contributed by atoms with Crippen LogP contribution in [0, 0.1) is 0 Å². The van der Waals surface area contributed by atoms with E-state index in [0.29, 0.717) is 12.6 Å². The van der Waals surface area contributed by atoms with Gasteiger partial charge in [-0.05, 0) is 12.1 Å². The zero-order chi connectivity index (χ0) is 14.9. The van der Waals surface area contributed by atoms with Gasteiger partial charge in [-0.1, -0.05) is 45.9 Å². The Morgan fingerprint density at radius 1 is 1.05 bits per heavy atom. The molecule has 22 heavy (non-hydrogen) atoms. The summed E-state index contributed by atoms with van der Waals surface area (Å²) in [7, 11) is 0. The second kappa shape index (κ2) is 5.69. The second-order valence-corrected chi connectivity index (χ2v) is 6.48. The summed E-state index contributed by atoms with van der Waals surface area (Å²) in [5.74, 6) is 2.32. The Morgan fingerprint density at radius 3 is 2.68 bits per heavy atom. The maximum absolute atomic E-state index is 4.35. The molecule has 0 aliphatic carbocycles. The maximum atomic E-state index is 4.35. The average Bonchev–Trinajstić information content (AvgIpc) is 2.99. The fraction of sp³-hybridized carbons (Fsp3) is 0.143. The van der Waals surface area contributed by atoms with Crippen LogP contribution in [0.3, 0.4) is 0 Å². The average molecular weight is 375 g/mol. The molecule has 3 aromatic rings. The van der Waals surface area contributed by atoms with Crippen LogP contribution in [-0.2, 0) is 6.67 Å². The van der Waals surface area contributed by atoms with Crippen molar-refractivity contribution in [2.75, 3.05) is 10.8 Å². The molecular formula is C14H11BrN6S. The third-order valence-electron chi connectivity index (χ3n) is 3.33. The third-order valence-corrected chi connectivity index (χ3v) is 5.02. The molecule has 1 aromatic carbocycles. The van der Waals surface area contributed by atoms with Crippen LogP contribution in [0.4, 0.5) is 5.95 Å². The van der Waals surface area contributed by atoms with Crippen LogP contribution in [0.1, 0.15) is 0 Å². The lowest BCUT2D eigenvalue weighted by atomic mass is 10.2. The Balaban J connectivity index is 1.73. The number of anilines is 1. The van der Waals surface area contributed by atoms with Gasteiger partial charge in [0.15, 0.2) is 11.0 Å². The van der Waals surface area contributed by atoms with E-state index < -0.39 is 0 Å². The summed E-state index contributed by atoms with van der Waals surface area (Å²) in [5, 5.41) is 9.56. The minimum absolute atomic E-state index is 0.635. The molecule has 0 fully saturated rings. The number of halogens is 1. The molecule has 0 saturated carbocycles. The van der Waals surface area contributed by atoms with Gasteiger partial charge in [-0.2, -0.15) is 0 Å². The van der Waals surface area contributed by atoms with Gasteiger partial charge in [0.05, 0.1) is 5.88 Å². The molecule has 4 rings (SSSR count). The van der Waals surface area contributed by atoms with Crippen LogP contribution in [0.2, 0.25) is 0 Å². The molecule has 8 heteroatoms. The molecule has 0 saturated heterocycles. The monoisotopic (exact) mass is 374 g/mol. The molecule has 0 amide bonds. The molecule has 0 atom stereocenters. The third kappa shape index (κ3) is 2.38. The lowest BCUT2D eigenvalue weighted by molar-refractivity contribution is 0.597. The molecule has 2 aromatic heterocycles.